The molecule has 0 spiro atoms. The first-order valence-corrected chi connectivity index (χ1v) is 10.7. The minimum absolute atomic E-state index is 0. The van der Waals surface area contributed by atoms with Gasteiger partial charge in [-0.1, -0.05) is 97.0 Å². The first kappa shape index (κ1) is 30.1. The van der Waals surface area contributed by atoms with Crippen LogP contribution in [-0.4, -0.2) is 24.3 Å². The van der Waals surface area contributed by atoms with E-state index >= 15 is 0 Å². The molecule has 0 amide bonds. The summed E-state index contributed by atoms with van der Waals surface area (Å²) in [7, 11) is 0. The average Bonchev–Trinajstić information content (AvgIpc) is 3.16. The van der Waals surface area contributed by atoms with E-state index < -0.39 is 0 Å². The molecular formula is C28H40N2NiO-2. The zero-order chi connectivity index (χ0) is 21.2. The number of ether oxygens (including phenoxy) is 1. The van der Waals surface area contributed by atoms with Crippen molar-refractivity contribution in [1.82, 2.24) is 0 Å². The molecule has 1 atom stereocenters. The van der Waals surface area contributed by atoms with Crippen molar-refractivity contribution in [3.8, 4) is 0 Å². The molecule has 0 aromatic heterocycles. The third-order valence-electron chi connectivity index (χ3n) is 5.47. The van der Waals surface area contributed by atoms with Crippen molar-refractivity contribution >= 4 is 17.3 Å². The Morgan fingerprint density at radius 2 is 1.44 bits per heavy atom. The third kappa shape index (κ3) is 6.78. The summed E-state index contributed by atoms with van der Waals surface area (Å²) in [5.74, 6) is 1.43. The molecule has 1 heterocycles. The summed E-state index contributed by atoms with van der Waals surface area (Å²) in [6.07, 6.45) is 0. The van der Waals surface area contributed by atoms with Crippen LogP contribution in [0.5, 0.6) is 0 Å². The zero-order valence-corrected chi connectivity index (χ0v) is 22.2. The number of aliphatic imine (C=N–C) groups is 2. The van der Waals surface area contributed by atoms with Gasteiger partial charge in [-0.25, -0.2) is 9.98 Å². The maximum Gasteiger partial charge on any atom is 0.236 e. The third-order valence-corrected chi connectivity index (χ3v) is 5.47. The summed E-state index contributed by atoms with van der Waals surface area (Å²) in [6.45, 7) is 16.1. The van der Waals surface area contributed by atoms with Crippen LogP contribution in [0.3, 0.4) is 0 Å². The maximum atomic E-state index is 6.10. The Morgan fingerprint density at radius 3 is 1.88 bits per heavy atom. The van der Waals surface area contributed by atoms with Crippen LogP contribution in [0.1, 0.15) is 77.0 Å². The Kier molecular flexibility index (Phi) is 11.6. The fourth-order valence-corrected chi connectivity index (χ4v) is 3.53. The van der Waals surface area contributed by atoms with Gasteiger partial charge in [0.05, 0.1) is 11.7 Å². The molecule has 1 aliphatic rings. The minimum Gasteiger partial charge on any atom is -0.474 e. The van der Waals surface area contributed by atoms with Crippen LogP contribution in [0.25, 0.3) is 0 Å². The van der Waals surface area contributed by atoms with Gasteiger partial charge in [-0.05, 0) is 28.4 Å². The molecule has 0 radical (unpaired) electrons. The molecule has 3 rings (SSSR count). The molecule has 0 N–H and O–H groups in total. The molecule has 1 aliphatic heterocycles. The molecule has 0 fully saturated rings. The van der Waals surface area contributed by atoms with E-state index in [1.807, 2.05) is 18.2 Å². The van der Waals surface area contributed by atoms with Gasteiger partial charge in [0, 0.05) is 22.1 Å². The summed E-state index contributed by atoms with van der Waals surface area (Å²) >= 11 is 0. The Balaban J connectivity index is 0.00000320. The monoisotopic (exact) mass is 478 g/mol. The van der Waals surface area contributed by atoms with Crippen molar-refractivity contribution < 1.29 is 21.2 Å². The first-order valence-electron chi connectivity index (χ1n) is 10.7. The SMILES string of the molecule is CC(C)c1cccc(C(C)C)c1N=C(C1=N[C@@H](C(C)(C)C)CO1)c1ccccc1.[CH3-].[CH3-].[Ni]. The molecule has 180 valence electrons. The fraction of sp³-hybridized carbons (Fsp3) is 0.429. The number of para-hydroxylation sites is 1. The zero-order valence-electron chi connectivity index (χ0n) is 21.2. The molecule has 0 bridgehead atoms. The molecule has 0 unspecified atom stereocenters. The molecule has 0 aliphatic carbocycles. The van der Waals surface area contributed by atoms with Crippen LogP contribution in [-0.2, 0) is 21.2 Å². The van der Waals surface area contributed by atoms with Crippen LogP contribution < -0.4 is 0 Å². The smallest absolute Gasteiger partial charge is 0.236 e. The second-order valence-electron chi connectivity index (χ2n) is 9.55. The number of hydrogen-bond acceptors (Lipinski definition) is 3. The van der Waals surface area contributed by atoms with E-state index in [0.29, 0.717) is 24.3 Å². The van der Waals surface area contributed by atoms with Crippen molar-refractivity contribution in [1.29, 1.82) is 0 Å². The standard InChI is InChI=1S/C26H34N2O.2CH3.Ni/c1-17(2)20-14-11-15-21(18(3)4)24(20)28-23(19-12-9-8-10-13-19)25-27-22(16-29-25)26(5,6)7;;;/h8-15,17-18,22H,16H2,1-7H3;2*1H3;/q;2*-1;/t22-;;;/m1.../s1. The van der Waals surface area contributed by atoms with Crippen LogP contribution in [0.2, 0.25) is 0 Å². The quantitative estimate of drug-likeness (QED) is 0.245. The van der Waals surface area contributed by atoms with E-state index in [9.17, 15) is 0 Å². The maximum absolute atomic E-state index is 6.10. The summed E-state index contributed by atoms with van der Waals surface area (Å²) in [4.78, 5) is 10.2. The molecule has 4 heteroatoms. The Labute approximate surface area is 206 Å². The largest absolute Gasteiger partial charge is 0.474 e. The molecule has 2 aromatic rings. The summed E-state index contributed by atoms with van der Waals surface area (Å²) in [6, 6.07) is 16.9. The van der Waals surface area contributed by atoms with Crippen molar-refractivity contribution in [2.24, 2.45) is 15.4 Å². The number of hydrogen-bond donors (Lipinski definition) is 0. The van der Waals surface area contributed by atoms with Crippen LogP contribution in [0, 0.1) is 20.3 Å². The van der Waals surface area contributed by atoms with Crippen molar-refractivity contribution in [2.45, 2.75) is 66.3 Å². The number of nitrogens with zero attached hydrogens (tertiary/aromatic N) is 2. The molecular weight excluding hydrogens is 439 g/mol. The van der Waals surface area contributed by atoms with Crippen molar-refractivity contribution in [3.63, 3.8) is 0 Å². The summed E-state index contributed by atoms with van der Waals surface area (Å²) < 4.78 is 6.10. The molecule has 3 nitrogen and oxygen atoms in total. The van der Waals surface area contributed by atoms with Gasteiger partial charge in [0.1, 0.15) is 12.3 Å². The topological polar surface area (TPSA) is 34.0 Å². The van der Waals surface area contributed by atoms with Crippen molar-refractivity contribution in [3.05, 3.63) is 80.1 Å². The second-order valence-corrected chi connectivity index (χ2v) is 9.55. The molecule has 0 saturated carbocycles. The van der Waals surface area contributed by atoms with Crippen LogP contribution >= 0.6 is 0 Å². The Morgan fingerprint density at radius 1 is 0.906 bits per heavy atom. The van der Waals surface area contributed by atoms with Gasteiger partial charge in [-0.15, -0.1) is 0 Å². The Bertz CT molecular complexity index is 883. The van der Waals surface area contributed by atoms with E-state index in [1.54, 1.807) is 0 Å². The van der Waals surface area contributed by atoms with Gasteiger partial charge in [0.15, 0.2) is 0 Å². The molecule has 0 saturated heterocycles. The van der Waals surface area contributed by atoms with Gasteiger partial charge in [0.2, 0.25) is 5.90 Å². The average molecular weight is 479 g/mol. The summed E-state index contributed by atoms with van der Waals surface area (Å²) in [5, 5.41) is 0. The fourth-order valence-electron chi connectivity index (χ4n) is 3.53. The van der Waals surface area contributed by atoms with Gasteiger partial charge in [-0.2, -0.15) is 0 Å². The normalized spacial score (nSPS) is 16.0. The van der Waals surface area contributed by atoms with E-state index in [-0.39, 0.29) is 42.8 Å². The van der Waals surface area contributed by atoms with Gasteiger partial charge >= 0.3 is 0 Å². The van der Waals surface area contributed by atoms with Crippen molar-refractivity contribution in [2.75, 3.05) is 6.61 Å². The number of benzene rings is 2. The predicted octanol–water partition coefficient (Wildman–Crippen LogP) is 7.80. The molecule has 2 aromatic carbocycles. The molecule has 32 heavy (non-hydrogen) atoms. The van der Waals surface area contributed by atoms with Crippen LogP contribution in [0.15, 0.2) is 58.5 Å². The Hall–Kier alpha value is -1.93. The second kappa shape index (κ2) is 12.4. The van der Waals surface area contributed by atoms with E-state index in [2.05, 4.69) is 78.8 Å². The van der Waals surface area contributed by atoms with Gasteiger partial charge in [-0.3, -0.25) is 0 Å². The van der Waals surface area contributed by atoms with E-state index in [4.69, 9.17) is 14.7 Å². The summed E-state index contributed by atoms with van der Waals surface area (Å²) in [5.41, 5.74) is 5.50. The van der Waals surface area contributed by atoms with E-state index in [1.165, 1.54) is 11.1 Å². The first-order chi connectivity index (χ1) is 13.7. The minimum atomic E-state index is 0. The van der Waals surface area contributed by atoms with Gasteiger partial charge < -0.3 is 19.6 Å². The van der Waals surface area contributed by atoms with Gasteiger partial charge in [0.25, 0.3) is 0 Å². The van der Waals surface area contributed by atoms with E-state index in [0.717, 1.165) is 17.0 Å². The predicted molar refractivity (Wildman–Crippen MR) is 137 cm³/mol. The van der Waals surface area contributed by atoms with Crippen LogP contribution in [0.4, 0.5) is 5.69 Å². The number of rotatable bonds is 5.